The van der Waals surface area contributed by atoms with Gasteiger partial charge in [0.05, 0.1) is 12.0 Å². The van der Waals surface area contributed by atoms with Crippen LogP contribution in [-0.4, -0.2) is 9.55 Å². The van der Waals surface area contributed by atoms with Crippen molar-refractivity contribution in [3.05, 3.63) is 18.2 Å². The monoisotopic (exact) mass is 138 g/mol. The second-order valence-corrected chi connectivity index (χ2v) is 2.46. The molecule has 0 saturated heterocycles. The summed E-state index contributed by atoms with van der Waals surface area (Å²) in [6.45, 7) is 5.39. The molecule has 0 aliphatic heterocycles. The van der Waals surface area contributed by atoms with E-state index in [1.54, 1.807) is 0 Å². The SMILES string of the molecule is CCCn1cnc(CC)c1. The molecule has 0 aliphatic carbocycles. The van der Waals surface area contributed by atoms with Crippen molar-refractivity contribution in [2.24, 2.45) is 0 Å². The molecule has 1 heterocycles. The van der Waals surface area contributed by atoms with Gasteiger partial charge in [-0.15, -0.1) is 0 Å². The predicted molar refractivity (Wildman–Crippen MR) is 41.9 cm³/mol. The van der Waals surface area contributed by atoms with Crippen LogP contribution in [0.3, 0.4) is 0 Å². The van der Waals surface area contributed by atoms with E-state index in [1.165, 1.54) is 12.1 Å². The van der Waals surface area contributed by atoms with Gasteiger partial charge in [0.2, 0.25) is 0 Å². The van der Waals surface area contributed by atoms with Crippen molar-refractivity contribution >= 4 is 0 Å². The summed E-state index contributed by atoms with van der Waals surface area (Å²) in [5.74, 6) is 0. The van der Waals surface area contributed by atoms with Gasteiger partial charge in [-0.2, -0.15) is 0 Å². The van der Waals surface area contributed by atoms with E-state index in [1.807, 2.05) is 6.33 Å². The highest BCUT2D eigenvalue weighted by Gasteiger charge is 1.92. The van der Waals surface area contributed by atoms with Crippen LogP contribution in [0.4, 0.5) is 0 Å². The van der Waals surface area contributed by atoms with Crippen LogP contribution in [0.1, 0.15) is 26.0 Å². The van der Waals surface area contributed by atoms with Crippen molar-refractivity contribution in [2.45, 2.75) is 33.2 Å². The average molecular weight is 138 g/mol. The van der Waals surface area contributed by atoms with Gasteiger partial charge in [0.25, 0.3) is 0 Å². The predicted octanol–water partition coefficient (Wildman–Crippen LogP) is 1.86. The Labute approximate surface area is 61.9 Å². The first-order valence-electron chi connectivity index (χ1n) is 3.87. The lowest BCUT2D eigenvalue weighted by Gasteiger charge is -1.94. The Morgan fingerprint density at radius 1 is 1.50 bits per heavy atom. The summed E-state index contributed by atoms with van der Waals surface area (Å²) in [4.78, 5) is 4.22. The molecule has 1 aromatic heterocycles. The van der Waals surface area contributed by atoms with Crippen LogP contribution < -0.4 is 0 Å². The van der Waals surface area contributed by atoms with Gasteiger partial charge in [-0.3, -0.25) is 0 Å². The molecular formula is C8H14N2. The van der Waals surface area contributed by atoms with Crippen LogP contribution in [0.15, 0.2) is 12.5 Å². The molecule has 0 fully saturated rings. The minimum absolute atomic E-state index is 1.04. The van der Waals surface area contributed by atoms with Gasteiger partial charge in [-0.25, -0.2) is 4.98 Å². The quantitative estimate of drug-likeness (QED) is 0.623. The highest BCUT2D eigenvalue weighted by Crippen LogP contribution is 1.97. The third kappa shape index (κ3) is 1.59. The lowest BCUT2D eigenvalue weighted by Crippen LogP contribution is -1.90. The van der Waals surface area contributed by atoms with E-state index in [0.29, 0.717) is 0 Å². The molecule has 1 rings (SSSR count). The molecule has 0 bridgehead atoms. The van der Waals surface area contributed by atoms with Crippen molar-refractivity contribution in [3.63, 3.8) is 0 Å². The molecule has 0 aliphatic rings. The van der Waals surface area contributed by atoms with E-state index in [2.05, 4.69) is 29.6 Å². The average Bonchev–Trinajstić information content (AvgIpc) is 2.37. The second-order valence-electron chi connectivity index (χ2n) is 2.46. The van der Waals surface area contributed by atoms with Crippen molar-refractivity contribution < 1.29 is 0 Å². The number of hydrogen-bond donors (Lipinski definition) is 0. The normalized spacial score (nSPS) is 10.2. The first-order valence-corrected chi connectivity index (χ1v) is 3.87. The van der Waals surface area contributed by atoms with Gasteiger partial charge >= 0.3 is 0 Å². The molecule has 0 saturated carbocycles. The molecule has 0 N–H and O–H groups in total. The lowest BCUT2D eigenvalue weighted by atomic mass is 10.4. The van der Waals surface area contributed by atoms with Crippen LogP contribution in [0.5, 0.6) is 0 Å². The van der Waals surface area contributed by atoms with Gasteiger partial charge in [0.1, 0.15) is 0 Å². The van der Waals surface area contributed by atoms with Crippen LogP contribution in [0.25, 0.3) is 0 Å². The van der Waals surface area contributed by atoms with Crippen LogP contribution in [0, 0.1) is 0 Å². The van der Waals surface area contributed by atoms with Gasteiger partial charge in [-0.05, 0) is 12.8 Å². The van der Waals surface area contributed by atoms with Gasteiger partial charge in [0, 0.05) is 12.7 Å². The summed E-state index contributed by atoms with van der Waals surface area (Å²) < 4.78 is 2.14. The Bertz CT molecular complexity index is 191. The van der Waals surface area contributed by atoms with Crippen LogP contribution >= 0.6 is 0 Å². The fourth-order valence-electron chi connectivity index (χ4n) is 0.969. The Kier molecular flexibility index (Phi) is 2.49. The molecule has 0 atom stereocenters. The highest BCUT2D eigenvalue weighted by atomic mass is 15.0. The zero-order chi connectivity index (χ0) is 7.40. The minimum Gasteiger partial charge on any atom is -0.337 e. The van der Waals surface area contributed by atoms with E-state index in [9.17, 15) is 0 Å². The second kappa shape index (κ2) is 3.40. The van der Waals surface area contributed by atoms with E-state index in [0.717, 1.165) is 13.0 Å². The Hall–Kier alpha value is -0.790. The van der Waals surface area contributed by atoms with Crippen LogP contribution in [-0.2, 0) is 13.0 Å². The molecule has 2 nitrogen and oxygen atoms in total. The topological polar surface area (TPSA) is 17.8 Å². The maximum atomic E-state index is 4.22. The van der Waals surface area contributed by atoms with E-state index in [4.69, 9.17) is 0 Å². The number of imidazole rings is 1. The standard InChI is InChI=1S/C8H14N2/c1-3-5-10-6-8(4-2)9-7-10/h6-7H,3-5H2,1-2H3. The molecule has 0 radical (unpaired) electrons. The molecule has 0 amide bonds. The number of rotatable bonds is 3. The third-order valence-corrected chi connectivity index (χ3v) is 1.53. The molecule has 10 heavy (non-hydrogen) atoms. The maximum Gasteiger partial charge on any atom is 0.0949 e. The Balaban J connectivity index is 2.59. The van der Waals surface area contributed by atoms with Crippen LogP contribution in [0.2, 0.25) is 0 Å². The first kappa shape index (κ1) is 7.32. The lowest BCUT2D eigenvalue weighted by molar-refractivity contribution is 0.678. The first-order chi connectivity index (χ1) is 4.86. The fraction of sp³-hybridized carbons (Fsp3) is 0.625. The summed E-state index contributed by atoms with van der Waals surface area (Å²) in [7, 11) is 0. The number of aromatic nitrogens is 2. The van der Waals surface area contributed by atoms with Crippen molar-refractivity contribution in [3.8, 4) is 0 Å². The largest absolute Gasteiger partial charge is 0.337 e. The molecule has 1 aromatic rings. The van der Waals surface area contributed by atoms with Crippen molar-refractivity contribution in [2.75, 3.05) is 0 Å². The van der Waals surface area contributed by atoms with Crippen molar-refractivity contribution in [1.29, 1.82) is 0 Å². The zero-order valence-electron chi connectivity index (χ0n) is 6.67. The molecule has 56 valence electrons. The molecular weight excluding hydrogens is 124 g/mol. The Morgan fingerprint density at radius 3 is 2.80 bits per heavy atom. The van der Waals surface area contributed by atoms with Gasteiger partial charge < -0.3 is 4.57 Å². The highest BCUT2D eigenvalue weighted by molar-refractivity contribution is 4.95. The smallest absolute Gasteiger partial charge is 0.0949 e. The van der Waals surface area contributed by atoms with E-state index >= 15 is 0 Å². The third-order valence-electron chi connectivity index (χ3n) is 1.53. The van der Waals surface area contributed by atoms with Gasteiger partial charge in [0.15, 0.2) is 0 Å². The molecule has 0 aromatic carbocycles. The zero-order valence-corrected chi connectivity index (χ0v) is 6.67. The summed E-state index contributed by atoms with van der Waals surface area (Å²) in [5, 5.41) is 0. The minimum atomic E-state index is 1.04. The summed E-state index contributed by atoms with van der Waals surface area (Å²) >= 11 is 0. The van der Waals surface area contributed by atoms with E-state index < -0.39 is 0 Å². The van der Waals surface area contributed by atoms with Gasteiger partial charge in [-0.1, -0.05) is 13.8 Å². The van der Waals surface area contributed by atoms with E-state index in [-0.39, 0.29) is 0 Å². The fourth-order valence-corrected chi connectivity index (χ4v) is 0.969. The molecule has 0 spiro atoms. The van der Waals surface area contributed by atoms with Crippen molar-refractivity contribution in [1.82, 2.24) is 9.55 Å². The Morgan fingerprint density at radius 2 is 2.30 bits per heavy atom. The summed E-state index contributed by atoms with van der Waals surface area (Å²) in [5.41, 5.74) is 1.19. The summed E-state index contributed by atoms with van der Waals surface area (Å²) in [6.07, 6.45) is 6.24. The number of aryl methyl sites for hydroxylation is 2. The number of nitrogens with zero attached hydrogens (tertiary/aromatic N) is 2. The summed E-state index contributed by atoms with van der Waals surface area (Å²) in [6, 6.07) is 0. The molecule has 0 unspecified atom stereocenters. The maximum absolute atomic E-state index is 4.22. The molecule has 2 heteroatoms. The number of hydrogen-bond acceptors (Lipinski definition) is 1.